The molecule has 1 aliphatic heterocycles. The number of amides is 2. The van der Waals surface area contributed by atoms with Crippen LogP contribution in [0.3, 0.4) is 0 Å². The van der Waals surface area contributed by atoms with Crippen molar-refractivity contribution in [2.75, 3.05) is 13.1 Å². The normalized spacial score (nSPS) is 14.5. The molecule has 0 saturated carbocycles. The Morgan fingerprint density at radius 2 is 1.73 bits per heavy atom. The number of hydrogen-bond acceptors (Lipinski definition) is 3. The van der Waals surface area contributed by atoms with Crippen LogP contribution in [0.1, 0.15) is 38.4 Å². The van der Waals surface area contributed by atoms with Crippen LogP contribution < -0.4 is 5.32 Å². The number of halogens is 1. The third-order valence-electron chi connectivity index (χ3n) is 5.46. The van der Waals surface area contributed by atoms with E-state index in [4.69, 9.17) is 0 Å². The number of rotatable bonds is 4. The number of nitrogens with zero attached hydrogens (tertiary/aromatic N) is 1. The highest BCUT2D eigenvalue weighted by Crippen LogP contribution is 2.29. The van der Waals surface area contributed by atoms with Crippen molar-refractivity contribution in [1.29, 1.82) is 0 Å². The summed E-state index contributed by atoms with van der Waals surface area (Å²) in [6, 6.07) is 16.1. The van der Waals surface area contributed by atoms with Gasteiger partial charge in [-0.05, 0) is 48.9 Å². The first-order valence-electron chi connectivity index (χ1n) is 10.0. The lowest BCUT2D eigenvalue weighted by Gasteiger charge is -2.32. The van der Waals surface area contributed by atoms with Gasteiger partial charge in [0, 0.05) is 24.7 Å². The summed E-state index contributed by atoms with van der Waals surface area (Å²) in [5.74, 6) is -0.878. The Morgan fingerprint density at radius 1 is 1.03 bits per heavy atom. The summed E-state index contributed by atoms with van der Waals surface area (Å²) in [6.45, 7) is 3.02. The van der Waals surface area contributed by atoms with Crippen LogP contribution in [0.4, 0.5) is 4.39 Å². The van der Waals surface area contributed by atoms with Crippen molar-refractivity contribution in [2.45, 2.75) is 25.8 Å². The SMILES string of the molecule is Cc1ccc(-c2ccsc2C(=O)NC2CCN(C(=O)c3ccccc3F)CC2)cc1. The van der Waals surface area contributed by atoms with Crippen LogP contribution in [0.25, 0.3) is 11.1 Å². The molecule has 0 radical (unpaired) electrons. The van der Waals surface area contributed by atoms with Gasteiger partial charge in [-0.1, -0.05) is 42.0 Å². The zero-order valence-corrected chi connectivity index (χ0v) is 17.5. The molecule has 0 aliphatic carbocycles. The van der Waals surface area contributed by atoms with Crippen LogP contribution in [0.2, 0.25) is 0 Å². The Hall–Kier alpha value is -2.99. The third kappa shape index (κ3) is 4.28. The molecule has 154 valence electrons. The minimum atomic E-state index is -0.501. The number of nitrogens with one attached hydrogen (secondary N) is 1. The van der Waals surface area contributed by atoms with Gasteiger partial charge in [0.25, 0.3) is 11.8 Å². The van der Waals surface area contributed by atoms with Crippen molar-refractivity contribution in [3.05, 3.63) is 81.8 Å². The van der Waals surface area contributed by atoms with Gasteiger partial charge in [-0.3, -0.25) is 9.59 Å². The molecule has 1 N–H and O–H groups in total. The van der Waals surface area contributed by atoms with E-state index in [1.165, 1.54) is 29.0 Å². The van der Waals surface area contributed by atoms with E-state index in [2.05, 4.69) is 5.32 Å². The number of aryl methyl sites for hydroxylation is 1. The quantitative estimate of drug-likeness (QED) is 0.650. The minimum absolute atomic E-state index is 0.00450. The monoisotopic (exact) mass is 422 g/mol. The summed E-state index contributed by atoms with van der Waals surface area (Å²) in [5.41, 5.74) is 3.24. The van der Waals surface area contributed by atoms with Gasteiger partial charge in [0.05, 0.1) is 10.4 Å². The molecule has 2 aromatic carbocycles. The second kappa shape index (κ2) is 8.79. The second-order valence-electron chi connectivity index (χ2n) is 7.55. The number of carbonyl (C=O) groups excluding carboxylic acids is 2. The highest BCUT2D eigenvalue weighted by molar-refractivity contribution is 7.12. The van der Waals surface area contributed by atoms with Crippen LogP contribution in [0.15, 0.2) is 60.0 Å². The largest absolute Gasteiger partial charge is 0.348 e. The molecule has 30 heavy (non-hydrogen) atoms. The number of carbonyl (C=O) groups is 2. The molecule has 1 aliphatic rings. The van der Waals surface area contributed by atoms with E-state index in [1.54, 1.807) is 17.0 Å². The van der Waals surface area contributed by atoms with Crippen molar-refractivity contribution in [1.82, 2.24) is 10.2 Å². The predicted molar refractivity (Wildman–Crippen MR) is 117 cm³/mol. The minimum Gasteiger partial charge on any atom is -0.348 e. The molecule has 3 aromatic rings. The predicted octanol–water partition coefficient (Wildman–Crippen LogP) is 4.90. The Balaban J connectivity index is 1.37. The van der Waals surface area contributed by atoms with Crippen LogP contribution in [-0.4, -0.2) is 35.8 Å². The Morgan fingerprint density at radius 3 is 2.43 bits per heavy atom. The standard InChI is InChI=1S/C24H23FN2O2S/c1-16-6-8-17(9-7-16)19-12-15-30-22(19)23(28)26-18-10-13-27(14-11-18)24(29)20-4-2-3-5-21(20)25/h2-9,12,15,18H,10-11,13-14H2,1H3,(H,26,28). The van der Waals surface area contributed by atoms with Gasteiger partial charge in [0.1, 0.15) is 5.82 Å². The molecule has 1 saturated heterocycles. The molecule has 0 atom stereocenters. The van der Waals surface area contributed by atoms with E-state index in [-0.39, 0.29) is 23.4 Å². The van der Waals surface area contributed by atoms with Crippen molar-refractivity contribution in [3.63, 3.8) is 0 Å². The van der Waals surface area contributed by atoms with Crippen LogP contribution >= 0.6 is 11.3 Å². The first-order valence-corrected chi connectivity index (χ1v) is 10.9. The summed E-state index contributed by atoms with van der Waals surface area (Å²) in [4.78, 5) is 27.8. The second-order valence-corrected chi connectivity index (χ2v) is 8.47. The van der Waals surface area contributed by atoms with E-state index in [0.29, 0.717) is 30.8 Å². The molecule has 1 fully saturated rings. The van der Waals surface area contributed by atoms with E-state index in [9.17, 15) is 14.0 Å². The summed E-state index contributed by atoms with van der Waals surface area (Å²) < 4.78 is 13.9. The van der Waals surface area contributed by atoms with Gasteiger partial charge in [-0.2, -0.15) is 0 Å². The van der Waals surface area contributed by atoms with E-state index in [1.807, 2.05) is 42.6 Å². The summed E-state index contributed by atoms with van der Waals surface area (Å²) >= 11 is 1.43. The highest BCUT2D eigenvalue weighted by atomic mass is 32.1. The fraction of sp³-hybridized carbons (Fsp3) is 0.250. The molecule has 2 amide bonds. The lowest BCUT2D eigenvalue weighted by Crippen LogP contribution is -2.46. The molecule has 0 spiro atoms. The van der Waals surface area contributed by atoms with Crippen LogP contribution in [0.5, 0.6) is 0 Å². The smallest absolute Gasteiger partial charge is 0.262 e. The molecule has 6 heteroatoms. The van der Waals surface area contributed by atoms with Crippen LogP contribution in [-0.2, 0) is 0 Å². The highest BCUT2D eigenvalue weighted by Gasteiger charge is 2.27. The lowest BCUT2D eigenvalue weighted by molar-refractivity contribution is 0.0694. The fourth-order valence-corrected chi connectivity index (χ4v) is 4.55. The van der Waals surface area contributed by atoms with Gasteiger partial charge < -0.3 is 10.2 Å². The van der Waals surface area contributed by atoms with Crippen molar-refractivity contribution >= 4 is 23.2 Å². The Bertz CT molecular complexity index is 1050. The maximum Gasteiger partial charge on any atom is 0.262 e. The van der Waals surface area contributed by atoms with Crippen molar-refractivity contribution < 1.29 is 14.0 Å². The first-order chi connectivity index (χ1) is 14.5. The number of piperidine rings is 1. The molecule has 0 unspecified atom stereocenters. The van der Waals surface area contributed by atoms with Crippen molar-refractivity contribution in [2.24, 2.45) is 0 Å². The van der Waals surface area contributed by atoms with Crippen molar-refractivity contribution in [3.8, 4) is 11.1 Å². The molecule has 4 rings (SSSR count). The molecule has 1 aromatic heterocycles. The summed E-state index contributed by atoms with van der Waals surface area (Å²) in [7, 11) is 0. The zero-order chi connectivity index (χ0) is 21.1. The number of likely N-dealkylation sites (tertiary alicyclic amines) is 1. The lowest BCUT2D eigenvalue weighted by atomic mass is 10.0. The average molecular weight is 423 g/mol. The van der Waals surface area contributed by atoms with E-state index in [0.717, 1.165) is 11.1 Å². The van der Waals surface area contributed by atoms with Gasteiger partial charge in [-0.15, -0.1) is 11.3 Å². The van der Waals surface area contributed by atoms with Gasteiger partial charge in [0.2, 0.25) is 0 Å². The van der Waals surface area contributed by atoms with Gasteiger partial charge >= 0.3 is 0 Å². The molecule has 2 heterocycles. The fourth-order valence-electron chi connectivity index (χ4n) is 3.73. The molecular formula is C24H23FN2O2S. The number of benzene rings is 2. The maximum absolute atomic E-state index is 13.9. The first kappa shape index (κ1) is 20.3. The van der Waals surface area contributed by atoms with Gasteiger partial charge in [0.15, 0.2) is 0 Å². The number of hydrogen-bond donors (Lipinski definition) is 1. The molecule has 4 nitrogen and oxygen atoms in total. The third-order valence-corrected chi connectivity index (χ3v) is 6.37. The molecule has 0 bridgehead atoms. The average Bonchev–Trinajstić information content (AvgIpc) is 3.25. The Labute approximate surface area is 179 Å². The maximum atomic E-state index is 13.9. The Kier molecular flexibility index (Phi) is 5.95. The van der Waals surface area contributed by atoms with Crippen LogP contribution in [0, 0.1) is 12.7 Å². The topological polar surface area (TPSA) is 49.4 Å². The van der Waals surface area contributed by atoms with E-state index < -0.39 is 5.82 Å². The summed E-state index contributed by atoms with van der Waals surface area (Å²) in [6.07, 6.45) is 1.30. The van der Waals surface area contributed by atoms with Gasteiger partial charge in [-0.25, -0.2) is 4.39 Å². The van der Waals surface area contributed by atoms with E-state index >= 15 is 0 Å². The zero-order valence-electron chi connectivity index (χ0n) is 16.7. The number of thiophene rings is 1. The molecular weight excluding hydrogens is 399 g/mol. The summed E-state index contributed by atoms with van der Waals surface area (Å²) in [5, 5.41) is 5.04.